The van der Waals surface area contributed by atoms with E-state index in [1.165, 1.54) is 0 Å². The molecule has 0 saturated carbocycles. The Kier molecular flexibility index (Phi) is 8.22. The average molecular weight is 356 g/mol. The second kappa shape index (κ2) is 10.2. The predicted molar refractivity (Wildman–Crippen MR) is 91.7 cm³/mol. The van der Waals surface area contributed by atoms with Crippen LogP contribution in [-0.2, 0) is 17.1 Å². The first-order chi connectivity index (χ1) is 11.2. The molecule has 0 radical (unpaired) electrons. The smallest absolute Gasteiger partial charge is 0.105 e. The van der Waals surface area contributed by atoms with E-state index in [-0.39, 0.29) is 28.6 Å². The van der Waals surface area contributed by atoms with E-state index < -0.39 is 0 Å². The van der Waals surface area contributed by atoms with Crippen molar-refractivity contribution in [3.63, 3.8) is 0 Å². The standard InChI is InChI=1S/C14H9O.C7H7O.Fe/c15-14(13-8-4-5-9-13)11-10-12-6-2-1-3-7-12;1-6(8)7-4-2-3-5-7;/h1-9H;2-5H,1H3;/q-5;-1;. The molecule has 2 nitrogen and oxygen atoms in total. The number of carbonyl (C=O) groups excluding carboxylic acids is 2. The Balaban J connectivity index is 0.000000273. The fourth-order valence-corrected chi connectivity index (χ4v) is 1.86. The van der Waals surface area contributed by atoms with Crippen LogP contribution < -0.4 is 0 Å². The van der Waals surface area contributed by atoms with Crippen molar-refractivity contribution >= 4 is 11.6 Å². The van der Waals surface area contributed by atoms with Gasteiger partial charge in [-0.15, -0.1) is 0 Å². The van der Waals surface area contributed by atoms with Crippen molar-refractivity contribution in [1.82, 2.24) is 0 Å². The Morgan fingerprint density at radius 2 is 1.54 bits per heavy atom. The second-order valence-electron chi connectivity index (χ2n) is 4.85. The van der Waals surface area contributed by atoms with Crippen LogP contribution in [0.15, 0.2) is 78.9 Å². The maximum Gasteiger partial charge on any atom is 0.105 e. The Morgan fingerprint density at radius 1 is 0.958 bits per heavy atom. The van der Waals surface area contributed by atoms with Gasteiger partial charge in [0, 0.05) is 17.1 Å². The van der Waals surface area contributed by atoms with Crippen LogP contribution >= 0.6 is 0 Å². The van der Waals surface area contributed by atoms with Gasteiger partial charge in [0.15, 0.2) is 0 Å². The van der Waals surface area contributed by atoms with E-state index in [1.807, 2.05) is 66.7 Å². The van der Waals surface area contributed by atoms with Gasteiger partial charge in [0.2, 0.25) is 0 Å². The summed E-state index contributed by atoms with van der Waals surface area (Å²) in [4.78, 5) is 22.0. The van der Waals surface area contributed by atoms with Crippen LogP contribution in [0.4, 0.5) is 0 Å². The number of benzene rings is 1. The Bertz CT molecular complexity index is 802. The summed E-state index contributed by atoms with van der Waals surface area (Å²) in [5, 5.41) is 0. The number of ketones is 2. The molecule has 0 bridgehead atoms. The summed E-state index contributed by atoms with van der Waals surface area (Å²) in [6.07, 6.45) is 0. The molecule has 0 N–H and O–H groups in total. The molecule has 0 amide bonds. The zero-order valence-electron chi connectivity index (χ0n) is 13.2. The molecule has 3 heteroatoms. The van der Waals surface area contributed by atoms with E-state index in [4.69, 9.17) is 0 Å². The van der Waals surface area contributed by atoms with Crippen molar-refractivity contribution in [2.75, 3.05) is 0 Å². The zero-order chi connectivity index (χ0) is 16.5. The van der Waals surface area contributed by atoms with Crippen LogP contribution in [0.3, 0.4) is 0 Å². The quantitative estimate of drug-likeness (QED) is 0.298. The molecule has 24 heavy (non-hydrogen) atoms. The third-order valence-corrected chi connectivity index (χ3v) is 3.09. The molecule has 0 unspecified atom stereocenters. The number of hydrogen-bond acceptors (Lipinski definition) is 2. The van der Waals surface area contributed by atoms with Gasteiger partial charge in [-0.05, 0) is 24.6 Å². The van der Waals surface area contributed by atoms with E-state index in [0.717, 1.165) is 11.1 Å². The van der Waals surface area contributed by atoms with E-state index >= 15 is 0 Å². The maximum absolute atomic E-state index is 11.5. The number of hydrogen-bond donors (Lipinski definition) is 0. The van der Waals surface area contributed by atoms with Crippen molar-refractivity contribution in [2.24, 2.45) is 0 Å². The SMILES string of the molecule is CC(=O)[c-]1cccc1.O=C(C#Cc1ccccc1)[c-]1[cH-][cH-][cH-][cH-]1.[Fe]. The first kappa shape index (κ1) is 19.4. The van der Waals surface area contributed by atoms with Crippen molar-refractivity contribution in [1.29, 1.82) is 0 Å². The van der Waals surface area contributed by atoms with Gasteiger partial charge in [-0.1, -0.05) is 23.8 Å². The first-order valence-corrected chi connectivity index (χ1v) is 7.22. The number of carbonyl (C=O) groups is 2. The summed E-state index contributed by atoms with van der Waals surface area (Å²) < 4.78 is 0. The topological polar surface area (TPSA) is 34.1 Å². The molecule has 0 aliphatic carbocycles. The van der Waals surface area contributed by atoms with Gasteiger partial charge in [0.25, 0.3) is 0 Å². The molecule has 0 atom stereocenters. The number of rotatable bonds is 2. The molecule has 0 saturated heterocycles. The summed E-state index contributed by atoms with van der Waals surface area (Å²) in [7, 11) is 0. The zero-order valence-corrected chi connectivity index (χ0v) is 14.3. The monoisotopic (exact) mass is 356 g/mol. The van der Waals surface area contributed by atoms with Crippen LogP contribution in [-0.4, -0.2) is 11.6 Å². The van der Waals surface area contributed by atoms with Gasteiger partial charge in [-0.25, -0.2) is 12.1 Å². The first-order valence-electron chi connectivity index (χ1n) is 7.22. The summed E-state index contributed by atoms with van der Waals surface area (Å²) in [5.41, 5.74) is 2.31. The third kappa shape index (κ3) is 6.22. The average Bonchev–Trinajstić information content (AvgIpc) is 3.27. The largest absolute Gasteiger partial charge is 0.641 e. The predicted octanol–water partition coefficient (Wildman–Crippen LogP) is 4.25. The van der Waals surface area contributed by atoms with Gasteiger partial charge < -0.3 is 51.1 Å². The van der Waals surface area contributed by atoms with Crippen molar-refractivity contribution in [3.8, 4) is 11.8 Å². The van der Waals surface area contributed by atoms with Crippen LogP contribution in [0.5, 0.6) is 0 Å². The molecule has 3 rings (SSSR count). The molecule has 0 aliphatic rings. The Hall–Kier alpha value is -2.66. The van der Waals surface area contributed by atoms with E-state index in [1.54, 1.807) is 19.1 Å². The van der Waals surface area contributed by atoms with Gasteiger partial charge >= 0.3 is 0 Å². The van der Waals surface area contributed by atoms with E-state index in [2.05, 4.69) is 11.8 Å². The van der Waals surface area contributed by atoms with Gasteiger partial charge in [0.05, 0.1) is 0 Å². The molecule has 0 heterocycles. The molecular weight excluding hydrogens is 340 g/mol. The fraction of sp³-hybridized carbons (Fsp3) is 0.0476. The molecule has 126 valence electrons. The fourth-order valence-electron chi connectivity index (χ4n) is 1.86. The van der Waals surface area contributed by atoms with Crippen molar-refractivity contribution < 1.29 is 26.7 Å². The minimum atomic E-state index is -0.135. The summed E-state index contributed by atoms with van der Waals surface area (Å²) in [6.45, 7) is 1.56. The van der Waals surface area contributed by atoms with Crippen LogP contribution in [0, 0.1) is 11.8 Å². The Labute approximate surface area is 152 Å². The van der Waals surface area contributed by atoms with Crippen LogP contribution in [0.2, 0.25) is 0 Å². The van der Waals surface area contributed by atoms with Crippen LogP contribution in [0.1, 0.15) is 33.2 Å². The number of Topliss-reactive ketones (excluding diaryl/α,β-unsaturated/α-hetero) is 2. The van der Waals surface area contributed by atoms with E-state index in [0.29, 0.717) is 5.56 Å². The molecule has 3 aromatic carbocycles. The molecular formula is C21H16FeO2-6. The molecule has 0 aromatic heterocycles. The summed E-state index contributed by atoms with van der Waals surface area (Å²) in [6, 6.07) is 24.0. The van der Waals surface area contributed by atoms with Crippen LogP contribution in [0.25, 0.3) is 0 Å². The summed E-state index contributed by atoms with van der Waals surface area (Å²) >= 11 is 0. The minimum absolute atomic E-state index is 0. The molecule has 3 aromatic rings. The third-order valence-electron chi connectivity index (χ3n) is 3.09. The molecule has 0 spiro atoms. The summed E-state index contributed by atoms with van der Waals surface area (Å²) in [5.74, 6) is 5.44. The Morgan fingerprint density at radius 3 is 2.04 bits per heavy atom. The maximum atomic E-state index is 11.5. The minimum Gasteiger partial charge on any atom is -0.641 e. The molecule has 0 aliphatic heterocycles. The van der Waals surface area contributed by atoms with Gasteiger partial charge in [-0.2, -0.15) is 12.1 Å². The second-order valence-corrected chi connectivity index (χ2v) is 4.85. The van der Waals surface area contributed by atoms with E-state index in [9.17, 15) is 9.59 Å². The normalized spacial score (nSPS) is 8.71. The van der Waals surface area contributed by atoms with Crippen molar-refractivity contribution in [3.05, 3.63) is 95.6 Å². The van der Waals surface area contributed by atoms with Gasteiger partial charge in [-0.3, -0.25) is 5.92 Å². The molecule has 0 fully saturated rings. The van der Waals surface area contributed by atoms with Gasteiger partial charge in [0.1, 0.15) is 5.78 Å². The van der Waals surface area contributed by atoms with Crippen molar-refractivity contribution in [2.45, 2.75) is 6.92 Å².